The van der Waals surface area contributed by atoms with Crippen LogP contribution in [-0.2, 0) is 0 Å². The molecule has 1 nitrogen and oxygen atoms in total. The highest BCUT2D eigenvalue weighted by molar-refractivity contribution is 4.72. The normalized spacial score (nSPS) is 10.0. The first kappa shape index (κ1) is 6.54. The number of hydrogen-bond acceptors (Lipinski definition) is 1. The Bertz CT molecular complexity index is 48.1. The van der Waals surface area contributed by atoms with Gasteiger partial charge < -0.3 is 5.32 Å². The summed E-state index contributed by atoms with van der Waals surface area (Å²) in [6.45, 7) is 5.24. The van der Waals surface area contributed by atoms with E-state index in [4.69, 9.17) is 0 Å². The van der Waals surface area contributed by atoms with Crippen LogP contribution in [0.3, 0.4) is 0 Å². The minimum absolute atomic E-state index is 1.09. The lowest BCUT2D eigenvalue weighted by Crippen LogP contribution is -2.03. The fraction of sp³-hybridized carbons (Fsp3) is 0.667. The van der Waals surface area contributed by atoms with Gasteiger partial charge in [0, 0.05) is 6.54 Å². The van der Waals surface area contributed by atoms with Crippen molar-refractivity contribution in [1.29, 1.82) is 0 Å². The second-order valence-corrected chi connectivity index (χ2v) is 1.45. The van der Waals surface area contributed by atoms with Crippen LogP contribution in [0.5, 0.6) is 0 Å². The van der Waals surface area contributed by atoms with Crippen LogP contribution in [0.2, 0.25) is 0 Å². The zero-order chi connectivity index (χ0) is 5.54. The molecule has 0 amide bonds. The van der Waals surface area contributed by atoms with E-state index in [1.54, 1.807) is 0 Å². The highest BCUT2D eigenvalue weighted by Gasteiger charge is 1.68. The standard InChI is InChI=1S/C6H13N/c1-3-5-7-6-4-2/h3,5,7H,4,6H2,1-2H3/b5-3-. The summed E-state index contributed by atoms with van der Waals surface area (Å²) in [5.41, 5.74) is 0. The molecular weight excluding hydrogens is 86.1 g/mol. The van der Waals surface area contributed by atoms with E-state index in [9.17, 15) is 0 Å². The first-order valence-corrected chi connectivity index (χ1v) is 2.76. The van der Waals surface area contributed by atoms with Crippen molar-refractivity contribution in [2.24, 2.45) is 0 Å². The molecule has 0 saturated carbocycles. The third-order valence-corrected chi connectivity index (χ3v) is 0.679. The van der Waals surface area contributed by atoms with Crippen molar-refractivity contribution in [3.05, 3.63) is 12.3 Å². The molecule has 0 aliphatic heterocycles. The van der Waals surface area contributed by atoms with Crippen LogP contribution < -0.4 is 5.32 Å². The molecular formula is C6H13N. The maximum absolute atomic E-state index is 3.10. The van der Waals surface area contributed by atoms with Crippen LogP contribution in [-0.4, -0.2) is 6.54 Å². The molecule has 0 aliphatic carbocycles. The summed E-state index contributed by atoms with van der Waals surface area (Å²) in [6.07, 6.45) is 5.16. The largest absolute Gasteiger partial charge is 0.391 e. The third-order valence-electron chi connectivity index (χ3n) is 0.679. The van der Waals surface area contributed by atoms with Crippen LogP contribution in [0, 0.1) is 0 Å². The zero-order valence-corrected chi connectivity index (χ0v) is 5.07. The van der Waals surface area contributed by atoms with E-state index in [1.807, 2.05) is 19.2 Å². The number of allylic oxidation sites excluding steroid dienone is 1. The van der Waals surface area contributed by atoms with Crippen LogP contribution in [0.4, 0.5) is 0 Å². The van der Waals surface area contributed by atoms with Crippen LogP contribution in [0.25, 0.3) is 0 Å². The second-order valence-electron chi connectivity index (χ2n) is 1.45. The molecule has 0 heterocycles. The summed E-state index contributed by atoms with van der Waals surface area (Å²) in [7, 11) is 0. The van der Waals surface area contributed by atoms with Crippen molar-refractivity contribution >= 4 is 0 Å². The fourth-order valence-electron chi connectivity index (χ4n) is 0.346. The van der Waals surface area contributed by atoms with E-state index in [-0.39, 0.29) is 0 Å². The van der Waals surface area contributed by atoms with Gasteiger partial charge in [0.25, 0.3) is 0 Å². The number of hydrogen-bond donors (Lipinski definition) is 1. The lowest BCUT2D eigenvalue weighted by Gasteiger charge is -1.91. The van der Waals surface area contributed by atoms with Gasteiger partial charge in [0.15, 0.2) is 0 Å². The summed E-state index contributed by atoms with van der Waals surface area (Å²) in [5, 5.41) is 3.10. The monoisotopic (exact) mass is 99.1 g/mol. The van der Waals surface area contributed by atoms with Gasteiger partial charge in [-0.2, -0.15) is 0 Å². The lowest BCUT2D eigenvalue weighted by atomic mass is 10.5. The molecule has 0 saturated heterocycles. The molecule has 0 aromatic rings. The quantitative estimate of drug-likeness (QED) is 0.529. The Kier molecular flexibility index (Phi) is 5.18. The number of rotatable bonds is 3. The highest BCUT2D eigenvalue weighted by Crippen LogP contribution is 1.68. The minimum atomic E-state index is 1.09. The zero-order valence-electron chi connectivity index (χ0n) is 5.07. The van der Waals surface area contributed by atoms with Crippen molar-refractivity contribution in [3.63, 3.8) is 0 Å². The summed E-state index contributed by atoms with van der Waals surface area (Å²) in [6, 6.07) is 0. The van der Waals surface area contributed by atoms with E-state index in [0.717, 1.165) is 6.54 Å². The molecule has 0 aromatic heterocycles. The maximum Gasteiger partial charge on any atom is 0.0138 e. The maximum atomic E-state index is 3.10. The average Bonchev–Trinajstić information content (AvgIpc) is 1.69. The summed E-state index contributed by atoms with van der Waals surface area (Å²) >= 11 is 0. The molecule has 0 atom stereocenters. The van der Waals surface area contributed by atoms with Gasteiger partial charge >= 0.3 is 0 Å². The van der Waals surface area contributed by atoms with Gasteiger partial charge in [-0.05, 0) is 19.5 Å². The van der Waals surface area contributed by atoms with E-state index in [2.05, 4.69) is 12.2 Å². The van der Waals surface area contributed by atoms with Gasteiger partial charge in [-0.3, -0.25) is 0 Å². The van der Waals surface area contributed by atoms with Gasteiger partial charge in [0.05, 0.1) is 0 Å². The molecule has 7 heavy (non-hydrogen) atoms. The SMILES string of the molecule is C/C=C\NCCC. The Balaban J connectivity index is 2.69. The molecule has 0 aliphatic rings. The molecule has 0 aromatic carbocycles. The second kappa shape index (κ2) is 5.54. The molecule has 0 rings (SSSR count). The topological polar surface area (TPSA) is 12.0 Å². The predicted octanol–water partition coefficient (Wildman–Crippen LogP) is 1.52. The van der Waals surface area contributed by atoms with Gasteiger partial charge in [0.1, 0.15) is 0 Å². The van der Waals surface area contributed by atoms with Gasteiger partial charge in [-0.1, -0.05) is 13.0 Å². The van der Waals surface area contributed by atoms with Gasteiger partial charge in [-0.15, -0.1) is 0 Å². The Morgan fingerprint density at radius 1 is 1.57 bits per heavy atom. The van der Waals surface area contributed by atoms with Crippen molar-refractivity contribution in [1.82, 2.24) is 5.32 Å². The summed E-state index contributed by atoms with van der Waals surface area (Å²) < 4.78 is 0. The van der Waals surface area contributed by atoms with Crippen molar-refractivity contribution in [3.8, 4) is 0 Å². The first-order valence-electron chi connectivity index (χ1n) is 2.76. The Hall–Kier alpha value is -0.460. The van der Waals surface area contributed by atoms with Crippen LogP contribution in [0.15, 0.2) is 12.3 Å². The molecule has 0 fully saturated rings. The van der Waals surface area contributed by atoms with Gasteiger partial charge in [-0.25, -0.2) is 0 Å². The predicted molar refractivity (Wildman–Crippen MR) is 33.1 cm³/mol. The average molecular weight is 99.2 g/mol. The smallest absolute Gasteiger partial charge is 0.0138 e. The highest BCUT2D eigenvalue weighted by atomic mass is 14.8. The molecule has 42 valence electrons. The van der Waals surface area contributed by atoms with E-state index in [1.165, 1.54) is 6.42 Å². The lowest BCUT2D eigenvalue weighted by molar-refractivity contribution is 0.808. The Labute approximate surface area is 45.4 Å². The number of nitrogens with one attached hydrogen (secondary N) is 1. The summed E-state index contributed by atoms with van der Waals surface area (Å²) in [4.78, 5) is 0. The van der Waals surface area contributed by atoms with E-state index < -0.39 is 0 Å². The van der Waals surface area contributed by atoms with Crippen molar-refractivity contribution < 1.29 is 0 Å². The minimum Gasteiger partial charge on any atom is -0.391 e. The third kappa shape index (κ3) is 5.54. The van der Waals surface area contributed by atoms with Crippen molar-refractivity contribution in [2.45, 2.75) is 20.3 Å². The molecule has 1 N–H and O–H groups in total. The molecule has 0 unspecified atom stereocenters. The van der Waals surface area contributed by atoms with Crippen LogP contribution >= 0.6 is 0 Å². The molecule has 0 spiro atoms. The Morgan fingerprint density at radius 3 is 2.71 bits per heavy atom. The summed E-state index contributed by atoms with van der Waals surface area (Å²) in [5.74, 6) is 0. The van der Waals surface area contributed by atoms with Gasteiger partial charge in [0.2, 0.25) is 0 Å². The molecule has 0 radical (unpaired) electrons. The van der Waals surface area contributed by atoms with E-state index in [0.29, 0.717) is 0 Å². The Morgan fingerprint density at radius 2 is 2.29 bits per heavy atom. The molecule has 1 heteroatoms. The molecule has 0 bridgehead atoms. The fourth-order valence-corrected chi connectivity index (χ4v) is 0.346. The van der Waals surface area contributed by atoms with Crippen LogP contribution in [0.1, 0.15) is 20.3 Å². The van der Waals surface area contributed by atoms with Crippen molar-refractivity contribution in [2.75, 3.05) is 6.54 Å². The first-order chi connectivity index (χ1) is 3.41. The van der Waals surface area contributed by atoms with E-state index >= 15 is 0 Å².